The molecule has 1 atom stereocenters. The Hall–Kier alpha value is -2.62. The summed E-state index contributed by atoms with van der Waals surface area (Å²) in [5, 5.41) is 0. The molecule has 0 fully saturated rings. The standard InChI is InChI=1S/C20H22O4/c1-3-24-20(22)14-17(15-7-5-4-6-8-15)13-19(21)16-9-11-18(23-2)12-10-16/h4-12,17H,3,13-14H2,1-2H3. The molecular formula is C20H22O4. The van der Waals surface area contributed by atoms with E-state index in [2.05, 4.69) is 0 Å². The van der Waals surface area contributed by atoms with Gasteiger partial charge in [-0.3, -0.25) is 9.59 Å². The molecule has 4 nitrogen and oxygen atoms in total. The lowest BCUT2D eigenvalue weighted by atomic mass is 9.89. The summed E-state index contributed by atoms with van der Waals surface area (Å²) in [6.45, 7) is 2.12. The smallest absolute Gasteiger partial charge is 0.306 e. The van der Waals surface area contributed by atoms with E-state index in [4.69, 9.17) is 9.47 Å². The van der Waals surface area contributed by atoms with Crippen molar-refractivity contribution >= 4 is 11.8 Å². The second-order valence-corrected chi connectivity index (χ2v) is 5.47. The van der Waals surface area contributed by atoms with Crippen LogP contribution in [-0.4, -0.2) is 25.5 Å². The van der Waals surface area contributed by atoms with Crippen LogP contribution in [0.5, 0.6) is 5.75 Å². The van der Waals surface area contributed by atoms with Crippen molar-refractivity contribution in [3.8, 4) is 5.75 Å². The van der Waals surface area contributed by atoms with Crippen LogP contribution in [0.2, 0.25) is 0 Å². The highest BCUT2D eigenvalue weighted by Crippen LogP contribution is 2.26. The Bertz CT molecular complexity index is 662. The minimum Gasteiger partial charge on any atom is -0.497 e. The summed E-state index contributed by atoms with van der Waals surface area (Å²) in [5.41, 5.74) is 1.58. The number of rotatable bonds is 8. The van der Waals surface area contributed by atoms with E-state index in [1.54, 1.807) is 38.3 Å². The van der Waals surface area contributed by atoms with E-state index in [1.165, 1.54) is 0 Å². The van der Waals surface area contributed by atoms with Crippen LogP contribution in [0.1, 0.15) is 41.6 Å². The van der Waals surface area contributed by atoms with Crippen molar-refractivity contribution in [3.63, 3.8) is 0 Å². The third-order valence-electron chi connectivity index (χ3n) is 3.83. The van der Waals surface area contributed by atoms with Crippen LogP contribution in [0.25, 0.3) is 0 Å². The van der Waals surface area contributed by atoms with Crippen LogP contribution < -0.4 is 4.74 Å². The van der Waals surface area contributed by atoms with Gasteiger partial charge in [0.15, 0.2) is 5.78 Å². The molecule has 4 heteroatoms. The maximum absolute atomic E-state index is 12.6. The summed E-state index contributed by atoms with van der Waals surface area (Å²) in [6.07, 6.45) is 0.453. The predicted molar refractivity (Wildman–Crippen MR) is 92.4 cm³/mol. The molecular weight excluding hydrogens is 304 g/mol. The Balaban J connectivity index is 2.14. The largest absolute Gasteiger partial charge is 0.497 e. The lowest BCUT2D eigenvalue weighted by Gasteiger charge is -2.16. The van der Waals surface area contributed by atoms with E-state index in [0.29, 0.717) is 17.9 Å². The Morgan fingerprint density at radius 2 is 1.62 bits per heavy atom. The first-order chi connectivity index (χ1) is 11.6. The number of methoxy groups -OCH3 is 1. The van der Waals surface area contributed by atoms with Gasteiger partial charge in [-0.25, -0.2) is 0 Å². The number of hydrogen-bond donors (Lipinski definition) is 0. The number of Topliss-reactive ketones (excluding diaryl/α,β-unsaturated/α-hetero) is 1. The SMILES string of the molecule is CCOC(=O)CC(CC(=O)c1ccc(OC)cc1)c1ccccc1. The monoisotopic (exact) mass is 326 g/mol. The first kappa shape index (κ1) is 17.7. The molecule has 0 aliphatic heterocycles. The van der Waals surface area contributed by atoms with Crippen LogP contribution in [0, 0.1) is 0 Å². The van der Waals surface area contributed by atoms with Crippen molar-refractivity contribution in [2.75, 3.05) is 13.7 Å². The van der Waals surface area contributed by atoms with Crippen LogP contribution >= 0.6 is 0 Å². The third kappa shape index (κ3) is 4.95. The lowest BCUT2D eigenvalue weighted by molar-refractivity contribution is -0.143. The fraction of sp³-hybridized carbons (Fsp3) is 0.300. The van der Waals surface area contributed by atoms with Gasteiger partial charge in [0.1, 0.15) is 5.75 Å². The fourth-order valence-corrected chi connectivity index (χ4v) is 2.57. The van der Waals surface area contributed by atoms with Gasteiger partial charge in [-0.05, 0) is 36.8 Å². The number of esters is 1. The molecule has 0 heterocycles. The van der Waals surface area contributed by atoms with Gasteiger partial charge in [0.25, 0.3) is 0 Å². The zero-order valence-corrected chi connectivity index (χ0v) is 14.0. The lowest BCUT2D eigenvalue weighted by Crippen LogP contribution is -2.14. The van der Waals surface area contributed by atoms with Crippen molar-refractivity contribution in [3.05, 3.63) is 65.7 Å². The maximum Gasteiger partial charge on any atom is 0.306 e. The highest BCUT2D eigenvalue weighted by atomic mass is 16.5. The number of carbonyl (C=O) groups excluding carboxylic acids is 2. The second-order valence-electron chi connectivity index (χ2n) is 5.47. The third-order valence-corrected chi connectivity index (χ3v) is 3.83. The molecule has 0 amide bonds. The van der Waals surface area contributed by atoms with Gasteiger partial charge in [0.2, 0.25) is 0 Å². The van der Waals surface area contributed by atoms with Crippen LogP contribution in [-0.2, 0) is 9.53 Å². The molecule has 0 saturated heterocycles. The van der Waals surface area contributed by atoms with Crippen molar-refractivity contribution < 1.29 is 19.1 Å². The molecule has 0 radical (unpaired) electrons. The topological polar surface area (TPSA) is 52.6 Å². The molecule has 24 heavy (non-hydrogen) atoms. The zero-order valence-electron chi connectivity index (χ0n) is 14.0. The van der Waals surface area contributed by atoms with Gasteiger partial charge >= 0.3 is 5.97 Å². The van der Waals surface area contributed by atoms with E-state index in [0.717, 1.165) is 5.56 Å². The molecule has 0 aromatic heterocycles. The van der Waals surface area contributed by atoms with Gasteiger partial charge in [-0.2, -0.15) is 0 Å². The van der Waals surface area contributed by atoms with E-state index < -0.39 is 0 Å². The van der Waals surface area contributed by atoms with Crippen molar-refractivity contribution in [1.82, 2.24) is 0 Å². The van der Waals surface area contributed by atoms with Crippen LogP contribution in [0.3, 0.4) is 0 Å². The minimum absolute atomic E-state index is 0.00388. The highest BCUT2D eigenvalue weighted by molar-refractivity contribution is 5.97. The number of benzene rings is 2. The molecule has 0 spiro atoms. The minimum atomic E-state index is -0.283. The molecule has 2 aromatic rings. The number of ketones is 1. The van der Waals surface area contributed by atoms with Crippen molar-refractivity contribution in [2.45, 2.75) is 25.7 Å². The Morgan fingerprint density at radius 3 is 2.21 bits per heavy atom. The van der Waals surface area contributed by atoms with Crippen LogP contribution in [0.15, 0.2) is 54.6 Å². The van der Waals surface area contributed by atoms with Gasteiger partial charge in [-0.15, -0.1) is 0 Å². The molecule has 0 saturated carbocycles. The zero-order chi connectivity index (χ0) is 17.4. The number of carbonyl (C=O) groups is 2. The van der Waals surface area contributed by atoms with Gasteiger partial charge in [0.05, 0.1) is 20.1 Å². The average Bonchev–Trinajstić information content (AvgIpc) is 2.62. The first-order valence-corrected chi connectivity index (χ1v) is 8.01. The molecule has 2 rings (SSSR count). The van der Waals surface area contributed by atoms with Crippen molar-refractivity contribution in [2.24, 2.45) is 0 Å². The molecule has 2 aromatic carbocycles. The first-order valence-electron chi connectivity index (χ1n) is 8.01. The van der Waals surface area contributed by atoms with Gasteiger partial charge in [-0.1, -0.05) is 30.3 Å². The normalized spacial score (nSPS) is 11.6. The predicted octanol–water partition coefficient (Wildman–Crippen LogP) is 4.01. The molecule has 126 valence electrons. The van der Waals surface area contributed by atoms with Gasteiger partial charge < -0.3 is 9.47 Å². The second kappa shape index (κ2) is 8.87. The Kier molecular flexibility index (Phi) is 6.55. The average molecular weight is 326 g/mol. The van der Waals surface area contributed by atoms with E-state index >= 15 is 0 Å². The van der Waals surface area contributed by atoms with Gasteiger partial charge in [0, 0.05) is 17.9 Å². The quantitative estimate of drug-likeness (QED) is 0.543. The summed E-state index contributed by atoms with van der Waals surface area (Å²) < 4.78 is 10.2. The molecule has 0 aliphatic carbocycles. The van der Waals surface area contributed by atoms with Crippen molar-refractivity contribution in [1.29, 1.82) is 0 Å². The number of ether oxygens (including phenoxy) is 2. The Labute approximate surface area is 142 Å². The summed E-state index contributed by atoms with van der Waals surface area (Å²) >= 11 is 0. The molecule has 1 unspecified atom stereocenters. The van der Waals surface area contributed by atoms with E-state index in [-0.39, 0.29) is 30.5 Å². The highest BCUT2D eigenvalue weighted by Gasteiger charge is 2.21. The fourth-order valence-electron chi connectivity index (χ4n) is 2.57. The molecule has 0 bridgehead atoms. The van der Waals surface area contributed by atoms with Crippen LogP contribution in [0.4, 0.5) is 0 Å². The summed E-state index contributed by atoms with van der Waals surface area (Å²) in [4.78, 5) is 24.5. The molecule has 0 N–H and O–H groups in total. The summed E-state index contributed by atoms with van der Waals surface area (Å²) in [5.74, 6) is 0.224. The van der Waals surface area contributed by atoms with E-state index in [9.17, 15) is 9.59 Å². The molecule has 0 aliphatic rings. The Morgan fingerprint density at radius 1 is 0.958 bits per heavy atom. The number of hydrogen-bond acceptors (Lipinski definition) is 4. The maximum atomic E-state index is 12.6. The van der Waals surface area contributed by atoms with E-state index in [1.807, 2.05) is 30.3 Å². The summed E-state index contributed by atoms with van der Waals surface area (Å²) in [6, 6.07) is 16.6. The summed E-state index contributed by atoms with van der Waals surface area (Å²) in [7, 11) is 1.58.